The average Bonchev–Trinajstić information content (AvgIpc) is 2.89. The maximum Gasteiger partial charge on any atom is 0.135 e. The molecule has 0 aliphatic heterocycles. The maximum atomic E-state index is 6.02. The van der Waals surface area contributed by atoms with Gasteiger partial charge in [-0.15, -0.1) is 0 Å². The number of rotatable bonds is 2. The van der Waals surface area contributed by atoms with Gasteiger partial charge in [0.05, 0.1) is 0 Å². The first-order valence-corrected chi connectivity index (χ1v) is 6.47. The Morgan fingerprint density at radius 1 is 0.579 bits per heavy atom. The zero-order valence-electron chi connectivity index (χ0n) is 11.2. The molecule has 0 N–H and O–H groups in total. The van der Waals surface area contributed by atoms with Crippen molar-refractivity contribution in [1.29, 1.82) is 0 Å². The topological polar surface area (TPSA) is 13.1 Å². The van der Waals surface area contributed by atoms with Crippen LogP contribution in [0.15, 0.2) is 65.1 Å². The minimum Gasteiger partial charge on any atom is -0.456 e. The molecular weight excluding hydrogens is 232 g/mol. The summed E-state index contributed by atoms with van der Waals surface area (Å²) in [6.45, 7) is 4.20. The Labute approximate surface area is 113 Å². The van der Waals surface area contributed by atoms with Gasteiger partial charge < -0.3 is 4.42 Å². The van der Waals surface area contributed by atoms with Gasteiger partial charge in [0, 0.05) is 11.1 Å². The van der Waals surface area contributed by atoms with Crippen LogP contribution in [0.4, 0.5) is 0 Å². The van der Waals surface area contributed by atoms with Crippen LogP contribution in [0.3, 0.4) is 0 Å². The molecule has 0 unspecified atom stereocenters. The van der Waals surface area contributed by atoms with Crippen LogP contribution in [0.1, 0.15) is 11.1 Å². The number of hydrogen-bond acceptors (Lipinski definition) is 1. The van der Waals surface area contributed by atoms with Gasteiger partial charge in [-0.05, 0) is 37.1 Å². The van der Waals surface area contributed by atoms with Crippen LogP contribution in [0.25, 0.3) is 22.6 Å². The molecule has 0 spiro atoms. The molecule has 1 aromatic heterocycles. The molecule has 1 nitrogen and oxygen atoms in total. The summed E-state index contributed by atoms with van der Waals surface area (Å²) in [5.74, 6) is 1.85. The van der Waals surface area contributed by atoms with E-state index in [4.69, 9.17) is 4.42 Å². The second-order valence-electron chi connectivity index (χ2n) is 4.79. The smallest absolute Gasteiger partial charge is 0.135 e. The normalized spacial score (nSPS) is 10.6. The second kappa shape index (κ2) is 4.77. The van der Waals surface area contributed by atoms with E-state index in [-0.39, 0.29) is 0 Å². The SMILES string of the molecule is Cc1ccccc1-c1ccc(-c2ccccc2C)o1. The summed E-state index contributed by atoms with van der Waals surface area (Å²) in [5.41, 5.74) is 4.77. The highest BCUT2D eigenvalue weighted by molar-refractivity contribution is 5.68. The van der Waals surface area contributed by atoms with Crippen LogP contribution in [0.2, 0.25) is 0 Å². The maximum absolute atomic E-state index is 6.02. The van der Waals surface area contributed by atoms with Crippen LogP contribution in [-0.4, -0.2) is 0 Å². The van der Waals surface area contributed by atoms with E-state index in [0.717, 1.165) is 22.6 Å². The minimum absolute atomic E-state index is 0.927. The van der Waals surface area contributed by atoms with E-state index >= 15 is 0 Å². The van der Waals surface area contributed by atoms with E-state index in [0.29, 0.717) is 0 Å². The van der Waals surface area contributed by atoms with Crippen molar-refractivity contribution in [3.05, 3.63) is 71.8 Å². The Morgan fingerprint density at radius 2 is 1.00 bits per heavy atom. The minimum atomic E-state index is 0.927. The highest BCUT2D eigenvalue weighted by Gasteiger charge is 2.09. The molecule has 0 saturated carbocycles. The van der Waals surface area contributed by atoms with Crippen molar-refractivity contribution < 1.29 is 4.42 Å². The van der Waals surface area contributed by atoms with Crippen molar-refractivity contribution in [2.75, 3.05) is 0 Å². The van der Waals surface area contributed by atoms with Crippen molar-refractivity contribution in [3.8, 4) is 22.6 Å². The highest BCUT2D eigenvalue weighted by Crippen LogP contribution is 2.31. The summed E-state index contributed by atoms with van der Waals surface area (Å²) >= 11 is 0. The van der Waals surface area contributed by atoms with Crippen molar-refractivity contribution in [3.63, 3.8) is 0 Å². The number of benzene rings is 2. The van der Waals surface area contributed by atoms with Gasteiger partial charge in [0.25, 0.3) is 0 Å². The Morgan fingerprint density at radius 3 is 1.42 bits per heavy atom. The number of hydrogen-bond donors (Lipinski definition) is 0. The van der Waals surface area contributed by atoms with E-state index < -0.39 is 0 Å². The first-order chi connectivity index (χ1) is 9.25. The molecule has 94 valence electrons. The van der Waals surface area contributed by atoms with Crippen LogP contribution in [0.5, 0.6) is 0 Å². The lowest BCUT2D eigenvalue weighted by atomic mass is 10.1. The quantitative estimate of drug-likeness (QED) is 0.605. The van der Waals surface area contributed by atoms with Crippen molar-refractivity contribution >= 4 is 0 Å². The van der Waals surface area contributed by atoms with Gasteiger partial charge in [0.1, 0.15) is 11.5 Å². The molecule has 0 fully saturated rings. The van der Waals surface area contributed by atoms with E-state index in [1.807, 2.05) is 36.4 Å². The predicted octanol–water partition coefficient (Wildman–Crippen LogP) is 5.23. The molecule has 0 bridgehead atoms. The fourth-order valence-electron chi connectivity index (χ4n) is 2.33. The summed E-state index contributed by atoms with van der Waals surface area (Å²) in [7, 11) is 0. The zero-order chi connectivity index (χ0) is 13.2. The predicted molar refractivity (Wildman–Crippen MR) is 79.1 cm³/mol. The van der Waals surface area contributed by atoms with Gasteiger partial charge in [0.2, 0.25) is 0 Å². The summed E-state index contributed by atoms with van der Waals surface area (Å²) in [6, 6.07) is 20.7. The van der Waals surface area contributed by atoms with Crippen LogP contribution in [-0.2, 0) is 0 Å². The fourth-order valence-corrected chi connectivity index (χ4v) is 2.33. The lowest BCUT2D eigenvalue weighted by Crippen LogP contribution is -1.80. The molecule has 0 radical (unpaired) electrons. The number of aryl methyl sites for hydroxylation is 2. The van der Waals surface area contributed by atoms with Gasteiger partial charge in [0.15, 0.2) is 0 Å². The lowest BCUT2D eigenvalue weighted by Gasteiger charge is -2.03. The van der Waals surface area contributed by atoms with Crippen LogP contribution >= 0.6 is 0 Å². The van der Waals surface area contributed by atoms with E-state index in [9.17, 15) is 0 Å². The van der Waals surface area contributed by atoms with Gasteiger partial charge in [-0.25, -0.2) is 0 Å². The van der Waals surface area contributed by atoms with E-state index in [1.165, 1.54) is 11.1 Å². The summed E-state index contributed by atoms with van der Waals surface area (Å²) in [5, 5.41) is 0. The van der Waals surface area contributed by atoms with E-state index in [2.05, 4.69) is 38.1 Å². The van der Waals surface area contributed by atoms with Crippen molar-refractivity contribution in [1.82, 2.24) is 0 Å². The Balaban J connectivity index is 2.06. The monoisotopic (exact) mass is 248 g/mol. The van der Waals surface area contributed by atoms with Gasteiger partial charge in [-0.2, -0.15) is 0 Å². The summed E-state index contributed by atoms with van der Waals surface area (Å²) < 4.78 is 6.02. The Hall–Kier alpha value is -2.28. The van der Waals surface area contributed by atoms with Crippen LogP contribution in [0, 0.1) is 13.8 Å². The first-order valence-electron chi connectivity index (χ1n) is 6.47. The second-order valence-corrected chi connectivity index (χ2v) is 4.79. The molecule has 1 heteroatoms. The molecular formula is C18H16O. The summed E-state index contributed by atoms with van der Waals surface area (Å²) in [4.78, 5) is 0. The van der Waals surface area contributed by atoms with Gasteiger partial charge in [-0.1, -0.05) is 48.5 Å². The third-order valence-corrected chi connectivity index (χ3v) is 3.43. The Bertz CT molecular complexity index is 647. The molecule has 0 atom stereocenters. The average molecular weight is 248 g/mol. The standard InChI is InChI=1S/C18H16O/c1-13-7-3-5-9-15(13)17-11-12-18(19-17)16-10-6-4-8-14(16)2/h3-12H,1-2H3. The highest BCUT2D eigenvalue weighted by atomic mass is 16.3. The third kappa shape index (κ3) is 2.19. The largest absolute Gasteiger partial charge is 0.456 e. The Kier molecular flexibility index (Phi) is 2.96. The lowest BCUT2D eigenvalue weighted by molar-refractivity contribution is 0.596. The summed E-state index contributed by atoms with van der Waals surface area (Å²) in [6.07, 6.45) is 0. The van der Waals surface area contributed by atoms with Gasteiger partial charge in [-0.3, -0.25) is 0 Å². The number of furan rings is 1. The van der Waals surface area contributed by atoms with E-state index in [1.54, 1.807) is 0 Å². The molecule has 19 heavy (non-hydrogen) atoms. The van der Waals surface area contributed by atoms with Crippen molar-refractivity contribution in [2.45, 2.75) is 13.8 Å². The molecule has 3 aromatic rings. The molecule has 0 amide bonds. The molecule has 0 saturated heterocycles. The molecule has 1 heterocycles. The molecule has 3 rings (SSSR count). The molecule has 0 aliphatic rings. The van der Waals surface area contributed by atoms with Crippen LogP contribution < -0.4 is 0 Å². The first kappa shape index (κ1) is 11.8. The molecule has 0 aliphatic carbocycles. The molecule has 2 aromatic carbocycles. The third-order valence-electron chi connectivity index (χ3n) is 3.43. The van der Waals surface area contributed by atoms with Gasteiger partial charge >= 0.3 is 0 Å². The fraction of sp³-hybridized carbons (Fsp3) is 0.111. The zero-order valence-corrected chi connectivity index (χ0v) is 11.2. The van der Waals surface area contributed by atoms with Crippen molar-refractivity contribution in [2.24, 2.45) is 0 Å².